The highest BCUT2D eigenvalue weighted by molar-refractivity contribution is 6.06. The third-order valence-corrected chi connectivity index (χ3v) is 3.73. The molecular formula is C18H18N2O. The van der Waals surface area contributed by atoms with E-state index < -0.39 is 0 Å². The number of rotatable bonds is 2. The van der Waals surface area contributed by atoms with Gasteiger partial charge in [0.25, 0.3) is 5.91 Å². The normalized spacial score (nSPS) is 10.8. The van der Waals surface area contributed by atoms with Crippen LogP contribution in [-0.4, -0.2) is 10.9 Å². The number of hydrogen-bond acceptors (Lipinski definition) is 1. The zero-order valence-electron chi connectivity index (χ0n) is 12.4. The Morgan fingerprint density at radius 1 is 1.00 bits per heavy atom. The predicted octanol–water partition coefficient (Wildman–Crippen LogP) is 4.35. The molecule has 1 amide bonds. The Morgan fingerprint density at radius 2 is 1.76 bits per heavy atom. The molecule has 0 fully saturated rings. The highest BCUT2D eigenvalue weighted by Gasteiger charge is 2.12. The van der Waals surface area contributed by atoms with Gasteiger partial charge in [-0.25, -0.2) is 0 Å². The second kappa shape index (κ2) is 5.09. The van der Waals surface area contributed by atoms with Crippen molar-refractivity contribution in [1.82, 2.24) is 4.98 Å². The highest BCUT2D eigenvalue weighted by atomic mass is 16.1. The van der Waals surface area contributed by atoms with Crippen LogP contribution in [0.2, 0.25) is 0 Å². The zero-order chi connectivity index (χ0) is 15.0. The molecule has 1 heterocycles. The number of fused-ring (bicyclic) bond motifs is 1. The summed E-state index contributed by atoms with van der Waals surface area (Å²) in [5.41, 5.74) is 5.84. The molecule has 0 bridgehead atoms. The Balaban J connectivity index is 1.95. The summed E-state index contributed by atoms with van der Waals surface area (Å²) in [6, 6.07) is 13.9. The maximum Gasteiger partial charge on any atom is 0.272 e. The van der Waals surface area contributed by atoms with E-state index in [0.717, 1.165) is 22.2 Å². The van der Waals surface area contributed by atoms with Gasteiger partial charge in [0.05, 0.1) is 0 Å². The molecule has 2 aromatic carbocycles. The molecule has 0 atom stereocenters. The fourth-order valence-electron chi connectivity index (χ4n) is 2.62. The van der Waals surface area contributed by atoms with Crippen molar-refractivity contribution in [3.63, 3.8) is 0 Å². The lowest BCUT2D eigenvalue weighted by Gasteiger charge is -2.06. The van der Waals surface area contributed by atoms with Gasteiger partial charge in [-0.05, 0) is 55.7 Å². The standard InChI is InChI=1S/C18H18N2O/c1-11-8-13(3)14-10-17(19-16(14)9-11)18(21)20-15-7-5-4-6-12(15)2/h4-10,19H,1-3H3,(H,20,21). The molecule has 0 radical (unpaired) electrons. The third-order valence-electron chi connectivity index (χ3n) is 3.73. The quantitative estimate of drug-likeness (QED) is 0.719. The minimum atomic E-state index is -0.113. The van der Waals surface area contributed by atoms with Crippen molar-refractivity contribution in [2.24, 2.45) is 0 Å². The number of nitrogens with one attached hydrogen (secondary N) is 2. The number of hydrogen-bond donors (Lipinski definition) is 2. The van der Waals surface area contributed by atoms with Crippen LogP contribution in [0.25, 0.3) is 10.9 Å². The first-order valence-corrected chi connectivity index (χ1v) is 7.01. The predicted molar refractivity (Wildman–Crippen MR) is 86.9 cm³/mol. The van der Waals surface area contributed by atoms with Gasteiger partial charge >= 0.3 is 0 Å². The molecule has 0 unspecified atom stereocenters. The first-order valence-electron chi connectivity index (χ1n) is 7.01. The molecule has 1 aromatic heterocycles. The van der Waals surface area contributed by atoms with Gasteiger partial charge in [-0.2, -0.15) is 0 Å². The van der Waals surface area contributed by atoms with E-state index >= 15 is 0 Å². The van der Waals surface area contributed by atoms with Crippen LogP contribution in [0, 0.1) is 20.8 Å². The Kier molecular flexibility index (Phi) is 3.26. The molecule has 106 valence electrons. The summed E-state index contributed by atoms with van der Waals surface area (Å²) in [4.78, 5) is 15.6. The molecule has 0 saturated heterocycles. The van der Waals surface area contributed by atoms with E-state index in [1.54, 1.807) is 0 Å². The number of benzene rings is 2. The van der Waals surface area contributed by atoms with Crippen LogP contribution in [0.5, 0.6) is 0 Å². The second-order valence-corrected chi connectivity index (χ2v) is 5.50. The van der Waals surface area contributed by atoms with Crippen LogP contribution in [-0.2, 0) is 0 Å². The van der Waals surface area contributed by atoms with E-state index in [1.165, 1.54) is 11.1 Å². The molecule has 2 N–H and O–H groups in total. The van der Waals surface area contributed by atoms with Gasteiger partial charge in [-0.15, -0.1) is 0 Å². The molecule has 0 aliphatic carbocycles. The van der Waals surface area contributed by atoms with Crippen LogP contribution < -0.4 is 5.32 Å². The van der Waals surface area contributed by atoms with E-state index in [1.807, 2.05) is 37.3 Å². The van der Waals surface area contributed by atoms with Crippen molar-refractivity contribution >= 4 is 22.5 Å². The van der Waals surface area contributed by atoms with Crippen LogP contribution in [0.15, 0.2) is 42.5 Å². The molecule has 21 heavy (non-hydrogen) atoms. The molecular weight excluding hydrogens is 260 g/mol. The first-order chi connectivity index (χ1) is 10.0. The summed E-state index contributed by atoms with van der Waals surface area (Å²) >= 11 is 0. The molecule has 3 nitrogen and oxygen atoms in total. The van der Waals surface area contributed by atoms with Gasteiger partial charge in [-0.1, -0.05) is 24.3 Å². The van der Waals surface area contributed by atoms with Gasteiger partial charge in [-0.3, -0.25) is 4.79 Å². The SMILES string of the molecule is Cc1cc(C)c2cc(C(=O)Nc3ccccc3C)[nH]c2c1. The maximum atomic E-state index is 12.4. The van der Waals surface area contributed by atoms with Gasteiger partial charge < -0.3 is 10.3 Å². The fourth-order valence-corrected chi connectivity index (χ4v) is 2.62. The molecule has 0 spiro atoms. The van der Waals surface area contributed by atoms with Crippen molar-refractivity contribution in [3.8, 4) is 0 Å². The van der Waals surface area contributed by atoms with Crippen molar-refractivity contribution in [2.75, 3.05) is 5.32 Å². The number of amides is 1. The maximum absolute atomic E-state index is 12.4. The Bertz CT molecular complexity index is 830. The van der Waals surface area contributed by atoms with Gasteiger partial charge in [0.2, 0.25) is 0 Å². The van der Waals surface area contributed by atoms with Crippen LogP contribution >= 0.6 is 0 Å². The monoisotopic (exact) mass is 278 g/mol. The van der Waals surface area contributed by atoms with E-state index in [9.17, 15) is 4.79 Å². The van der Waals surface area contributed by atoms with Crippen molar-refractivity contribution in [3.05, 3.63) is 64.8 Å². The lowest BCUT2D eigenvalue weighted by Crippen LogP contribution is -2.12. The number of carbonyl (C=O) groups excluding carboxylic acids is 1. The number of anilines is 1. The number of H-pyrrole nitrogens is 1. The molecule has 0 saturated carbocycles. The first kappa shape index (κ1) is 13.4. The molecule has 3 aromatic rings. The number of carbonyl (C=O) groups is 1. The Hall–Kier alpha value is -2.55. The lowest BCUT2D eigenvalue weighted by atomic mass is 10.1. The molecule has 3 heteroatoms. The second-order valence-electron chi connectivity index (χ2n) is 5.50. The summed E-state index contributed by atoms with van der Waals surface area (Å²) in [5, 5.41) is 4.04. The number of aromatic amines is 1. The number of aromatic nitrogens is 1. The van der Waals surface area contributed by atoms with E-state index in [0.29, 0.717) is 5.69 Å². The zero-order valence-corrected chi connectivity index (χ0v) is 12.4. The van der Waals surface area contributed by atoms with E-state index in [4.69, 9.17) is 0 Å². The topological polar surface area (TPSA) is 44.9 Å². The Morgan fingerprint density at radius 3 is 2.52 bits per heavy atom. The Labute approximate surface area is 124 Å². The summed E-state index contributed by atoms with van der Waals surface area (Å²) in [5.74, 6) is -0.113. The summed E-state index contributed by atoms with van der Waals surface area (Å²) in [6.07, 6.45) is 0. The lowest BCUT2D eigenvalue weighted by molar-refractivity contribution is 0.102. The van der Waals surface area contributed by atoms with Gasteiger partial charge in [0.1, 0.15) is 5.69 Å². The average Bonchev–Trinajstić information content (AvgIpc) is 2.85. The number of aryl methyl sites for hydroxylation is 3. The van der Waals surface area contributed by atoms with Gasteiger partial charge in [0.15, 0.2) is 0 Å². The highest BCUT2D eigenvalue weighted by Crippen LogP contribution is 2.22. The fraction of sp³-hybridized carbons (Fsp3) is 0.167. The van der Waals surface area contributed by atoms with Crippen LogP contribution in [0.4, 0.5) is 5.69 Å². The molecule has 3 rings (SSSR count). The summed E-state index contributed by atoms with van der Waals surface area (Å²) in [6.45, 7) is 6.10. The van der Waals surface area contributed by atoms with E-state index in [2.05, 4.69) is 36.3 Å². The number of para-hydroxylation sites is 1. The summed E-state index contributed by atoms with van der Waals surface area (Å²) in [7, 11) is 0. The molecule has 0 aliphatic rings. The molecule has 0 aliphatic heterocycles. The minimum absolute atomic E-state index is 0.113. The minimum Gasteiger partial charge on any atom is -0.351 e. The van der Waals surface area contributed by atoms with Crippen molar-refractivity contribution in [1.29, 1.82) is 0 Å². The third kappa shape index (κ3) is 2.55. The van der Waals surface area contributed by atoms with Crippen molar-refractivity contribution < 1.29 is 4.79 Å². The van der Waals surface area contributed by atoms with Gasteiger partial charge in [0, 0.05) is 16.6 Å². The van der Waals surface area contributed by atoms with E-state index in [-0.39, 0.29) is 5.91 Å². The smallest absolute Gasteiger partial charge is 0.272 e. The average molecular weight is 278 g/mol. The van der Waals surface area contributed by atoms with Crippen LogP contribution in [0.1, 0.15) is 27.2 Å². The van der Waals surface area contributed by atoms with Crippen molar-refractivity contribution in [2.45, 2.75) is 20.8 Å². The summed E-state index contributed by atoms with van der Waals surface area (Å²) < 4.78 is 0. The van der Waals surface area contributed by atoms with Crippen LogP contribution in [0.3, 0.4) is 0 Å². The largest absolute Gasteiger partial charge is 0.351 e.